The van der Waals surface area contributed by atoms with Gasteiger partial charge >= 0.3 is 5.97 Å². The molecule has 0 bridgehead atoms. The van der Waals surface area contributed by atoms with E-state index >= 15 is 0 Å². The van der Waals surface area contributed by atoms with Gasteiger partial charge < -0.3 is 23.7 Å². The lowest BCUT2D eigenvalue weighted by Gasteiger charge is -2.25. The van der Waals surface area contributed by atoms with Crippen molar-refractivity contribution in [2.75, 3.05) is 26.4 Å². The Morgan fingerprint density at radius 2 is 1.48 bits per heavy atom. The molecule has 0 saturated carbocycles. The average Bonchev–Trinajstić information content (AvgIpc) is 3.41. The van der Waals surface area contributed by atoms with Crippen LogP contribution in [0, 0.1) is 0 Å². The third-order valence-corrected chi connectivity index (χ3v) is 9.21. The lowest BCUT2D eigenvalue weighted by molar-refractivity contribution is -0.139. The number of fused-ring (bicyclic) bond motifs is 2. The van der Waals surface area contributed by atoms with E-state index < -0.39 is 12.0 Å². The van der Waals surface area contributed by atoms with Gasteiger partial charge in [-0.25, -0.2) is 9.79 Å². The summed E-state index contributed by atoms with van der Waals surface area (Å²) >= 11 is 1.26. The van der Waals surface area contributed by atoms with Crippen LogP contribution >= 0.6 is 11.3 Å². The molecule has 9 nitrogen and oxygen atoms in total. The summed E-state index contributed by atoms with van der Waals surface area (Å²) in [4.78, 5) is 32.8. The molecule has 5 aromatic rings. The van der Waals surface area contributed by atoms with E-state index in [4.69, 9.17) is 28.7 Å². The van der Waals surface area contributed by atoms with Crippen LogP contribution in [0.15, 0.2) is 99.9 Å². The maximum atomic E-state index is 14.3. The molecular formula is C40H40N2O7S. The number of nitrogens with zero attached hydrogens (tertiary/aromatic N) is 2. The lowest BCUT2D eigenvalue weighted by Crippen LogP contribution is -2.40. The number of ether oxygens (including phenoxy) is 5. The van der Waals surface area contributed by atoms with Crippen molar-refractivity contribution < 1.29 is 28.5 Å². The largest absolute Gasteiger partial charge is 0.490 e. The molecule has 0 spiro atoms. The number of aromatic nitrogens is 1. The molecule has 4 aromatic carbocycles. The summed E-state index contributed by atoms with van der Waals surface area (Å²) in [6, 6.07) is 24.7. The zero-order valence-corrected chi connectivity index (χ0v) is 29.7. The summed E-state index contributed by atoms with van der Waals surface area (Å²) in [5.41, 5.74) is 3.00. The number of hydrogen-bond donors (Lipinski definition) is 0. The van der Waals surface area contributed by atoms with Crippen LogP contribution in [0.1, 0.15) is 57.4 Å². The smallest absolute Gasteiger partial charge is 0.338 e. The quantitative estimate of drug-likeness (QED) is 0.126. The summed E-state index contributed by atoms with van der Waals surface area (Å²) < 4.78 is 31.4. The standard InChI is InChI=1S/C40H40N2O7S/c1-6-45-31-20-18-28(23-34(31)47-8-3)37-36(39(44)48-9-4)25(5)41-40-42(37)38(43)35(50-40)22-26-17-19-32(33(21-26)46-7-2)49-24-29-15-12-14-27-13-10-11-16-30(27)29/h10-23,37H,6-9,24H2,1-5H3/b35-22-/t37-/m0/s1. The molecule has 50 heavy (non-hydrogen) atoms. The number of thiazole rings is 1. The Bertz CT molecular complexity index is 2250. The van der Waals surface area contributed by atoms with Gasteiger partial charge in [-0.05, 0) is 92.4 Å². The first kappa shape index (κ1) is 34.5. The van der Waals surface area contributed by atoms with Gasteiger partial charge in [-0.3, -0.25) is 9.36 Å². The van der Waals surface area contributed by atoms with Gasteiger partial charge in [0.15, 0.2) is 27.8 Å². The Balaban J connectivity index is 1.40. The first-order valence-corrected chi connectivity index (χ1v) is 17.6. The molecular weight excluding hydrogens is 653 g/mol. The van der Waals surface area contributed by atoms with Crippen molar-refractivity contribution in [2.24, 2.45) is 4.99 Å². The Morgan fingerprint density at radius 1 is 0.800 bits per heavy atom. The molecule has 0 aliphatic carbocycles. The van der Waals surface area contributed by atoms with Crippen molar-refractivity contribution >= 4 is 34.2 Å². The predicted octanol–water partition coefficient (Wildman–Crippen LogP) is 6.73. The van der Waals surface area contributed by atoms with E-state index in [1.54, 1.807) is 24.5 Å². The van der Waals surface area contributed by atoms with Gasteiger partial charge in [0, 0.05) is 0 Å². The van der Waals surface area contributed by atoms with E-state index in [1.807, 2.05) is 75.4 Å². The van der Waals surface area contributed by atoms with Crippen molar-refractivity contribution in [1.82, 2.24) is 4.57 Å². The second kappa shape index (κ2) is 15.5. The normalized spacial score (nSPS) is 14.3. The van der Waals surface area contributed by atoms with Crippen LogP contribution in [0.3, 0.4) is 0 Å². The van der Waals surface area contributed by atoms with Gasteiger partial charge in [0.05, 0.1) is 48.3 Å². The lowest BCUT2D eigenvalue weighted by atomic mass is 9.95. The molecule has 0 fully saturated rings. The maximum absolute atomic E-state index is 14.3. The second-order valence-corrected chi connectivity index (χ2v) is 12.4. The first-order chi connectivity index (χ1) is 24.4. The fraction of sp³-hybridized carbons (Fsp3) is 0.275. The van der Waals surface area contributed by atoms with Crippen molar-refractivity contribution in [3.63, 3.8) is 0 Å². The van der Waals surface area contributed by atoms with Gasteiger partial charge in [0.2, 0.25) is 0 Å². The van der Waals surface area contributed by atoms with Gasteiger partial charge in [-0.1, -0.05) is 65.9 Å². The Kier molecular flexibility index (Phi) is 10.7. The summed E-state index contributed by atoms with van der Waals surface area (Å²) in [5, 5.41) is 2.29. The maximum Gasteiger partial charge on any atom is 0.338 e. The Labute approximate surface area is 294 Å². The Morgan fingerprint density at radius 3 is 2.24 bits per heavy atom. The Hall–Kier alpha value is -5.35. The van der Waals surface area contributed by atoms with E-state index in [0.29, 0.717) is 75.6 Å². The van der Waals surface area contributed by atoms with Gasteiger partial charge in [0.25, 0.3) is 5.56 Å². The van der Waals surface area contributed by atoms with E-state index in [2.05, 4.69) is 24.3 Å². The minimum Gasteiger partial charge on any atom is -0.490 e. The van der Waals surface area contributed by atoms with Gasteiger partial charge in [-0.15, -0.1) is 0 Å². The monoisotopic (exact) mass is 692 g/mol. The minimum atomic E-state index is -0.786. The SMILES string of the molecule is CCOC(=O)C1=C(C)N=c2s/c(=C\c3ccc(OCc4cccc5ccccc45)c(OCC)c3)c(=O)n2[C@H]1c1ccc(OCC)c(OCC)c1. The molecule has 1 aromatic heterocycles. The topological polar surface area (TPSA) is 97.6 Å². The number of carbonyl (C=O) groups excluding carboxylic acids is 1. The molecule has 258 valence electrons. The molecule has 0 amide bonds. The minimum absolute atomic E-state index is 0.185. The number of rotatable bonds is 13. The highest BCUT2D eigenvalue weighted by molar-refractivity contribution is 7.07. The van der Waals surface area contributed by atoms with Crippen LogP contribution < -0.4 is 33.8 Å². The highest BCUT2D eigenvalue weighted by atomic mass is 32.1. The van der Waals surface area contributed by atoms with Gasteiger partial charge in [-0.2, -0.15) is 0 Å². The summed E-state index contributed by atoms with van der Waals surface area (Å²) in [7, 11) is 0. The third-order valence-electron chi connectivity index (χ3n) is 8.23. The first-order valence-electron chi connectivity index (χ1n) is 16.8. The fourth-order valence-corrected chi connectivity index (χ4v) is 7.12. The molecule has 1 aliphatic heterocycles. The van der Waals surface area contributed by atoms with E-state index in [0.717, 1.165) is 21.9 Å². The molecule has 1 atom stereocenters. The van der Waals surface area contributed by atoms with Crippen LogP contribution in [0.5, 0.6) is 23.0 Å². The van der Waals surface area contributed by atoms with Crippen LogP contribution in [-0.4, -0.2) is 37.0 Å². The second-order valence-electron chi connectivity index (χ2n) is 11.4. The molecule has 10 heteroatoms. The molecule has 2 heterocycles. The van der Waals surface area contributed by atoms with Crippen LogP contribution in [0.2, 0.25) is 0 Å². The van der Waals surface area contributed by atoms with Crippen LogP contribution in [-0.2, 0) is 16.1 Å². The molecule has 6 rings (SSSR count). The van der Waals surface area contributed by atoms with E-state index in [1.165, 1.54) is 11.3 Å². The number of allylic oxidation sites excluding steroid dienone is 1. The highest BCUT2D eigenvalue weighted by Crippen LogP contribution is 2.37. The average molecular weight is 693 g/mol. The number of esters is 1. The summed E-state index contributed by atoms with van der Waals surface area (Å²) in [5.74, 6) is 1.76. The third kappa shape index (κ3) is 7.02. The van der Waals surface area contributed by atoms with Crippen molar-refractivity contribution in [1.29, 1.82) is 0 Å². The van der Waals surface area contributed by atoms with Crippen molar-refractivity contribution in [3.05, 3.63) is 127 Å². The molecule has 0 saturated heterocycles. The highest BCUT2D eigenvalue weighted by Gasteiger charge is 2.34. The summed E-state index contributed by atoms with van der Waals surface area (Å²) in [6.07, 6.45) is 1.81. The van der Waals surface area contributed by atoms with Crippen molar-refractivity contribution in [2.45, 2.75) is 47.3 Å². The number of carbonyl (C=O) groups is 1. The number of hydrogen-bond acceptors (Lipinski definition) is 9. The molecule has 0 unspecified atom stereocenters. The van der Waals surface area contributed by atoms with Crippen molar-refractivity contribution in [3.8, 4) is 23.0 Å². The van der Waals surface area contributed by atoms with Gasteiger partial charge in [0.1, 0.15) is 6.61 Å². The van der Waals surface area contributed by atoms with Crippen LogP contribution in [0.25, 0.3) is 16.8 Å². The zero-order chi connectivity index (χ0) is 35.2. The molecule has 0 radical (unpaired) electrons. The fourth-order valence-electron chi connectivity index (χ4n) is 6.07. The van der Waals surface area contributed by atoms with Crippen LogP contribution in [0.4, 0.5) is 0 Å². The van der Waals surface area contributed by atoms with E-state index in [-0.39, 0.29) is 12.2 Å². The molecule has 0 N–H and O–H groups in total. The molecule has 1 aliphatic rings. The zero-order valence-electron chi connectivity index (χ0n) is 28.9. The summed E-state index contributed by atoms with van der Waals surface area (Å²) in [6.45, 7) is 11.1. The number of benzene rings is 4. The predicted molar refractivity (Wildman–Crippen MR) is 195 cm³/mol. The van der Waals surface area contributed by atoms with E-state index in [9.17, 15) is 9.59 Å².